The zero-order valence-electron chi connectivity index (χ0n) is 16.7. The van der Waals surface area contributed by atoms with Crippen LogP contribution in [0, 0.1) is 11.6 Å². The number of nitrogens with two attached hydrogens (primary N) is 2. The SMILES string of the molecule is COc1cc(F)c(-c2csc(N)n2)c(Cl)c1.COc1cc(F)c(-c2csc(N)n2)c(Cl)c1. The number of halogens is 4. The Kier molecular flexibility index (Phi) is 7.73. The van der Waals surface area contributed by atoms with Crippen molar-refractivity contribution in [1.29, 1.82) is 0 Å². The first kappa shape index (κ1) is 24.0. The van der Waals surface area contributed by atoms with Gasteiger partial charge in [0.1, 0.15) is 23.1 Å². The van der Waals surface area contributed by atoms with E-state index in [0.717, 1.165) is 0 Å². The molecule has 0 aliphatic carbocycles. The molecular weight excluding hydrogens is 501 g/mol. The van der Waals surface area contributed by atoms with Gasteiger partial charge in [0, 0.05) is 22.9 Å². The minimum atomic E-state index is -0.477. The molecule has 4 rings (SSSR count). The van der Waals surface area contributed by atoms with Gasteiger partial charge in [-0.3, -0.25) is 0 Å². The fourth-order valence-electron chi connectivity index (χ4n) is 2.63. The molecule has 0 fully saturated rings. The Morgan fingerprint density at radius 1 is 0.750 bits per heavy atom. The molecule has 2 aromatic carbocycles. The van der Waals surface area contributed by atoms with Crippen LogP contribution in [0.3, 0.4) is 0 Å². The Hall–Kier alpha value is -2.66. The van der Waals surface area contributed by atoms with Crippen LogP contribution in [-0.4, -0.2) is 24.2 Å². The van der Waals surface area contributed by atoms with Crippen molar-refractivity contribution in [2.75, 3.05) is 25.7 Å². The van der Waals surface area contributed by atoms with E-state index in [1.807, 2.05) is 0 Å². The number of ether oxygens (including phenoxy) is 2. The van der Waals surface area contributed by atoms with Crippen LogP contribution in [0.25, 0.3) is 22.5 Å². The molecule has 0 radical (unpaired) electrons. The highest BCUT2D eigenvalue weighted by molar-refractivity contribution is 7.14. The van der Waals surface area contributed by atoms with Gasteiger partial charge in [-0.25, -0.2) is 18.7 Å². The van der Waals surface area contributed by atoms with E-state index in [0.29, 0.717) is 33.1 Å². The first-order valence-corrected chi connectivity index (χ1v) is 11.2. The normalized spacial score (nSPS) is 10.4. The Bertz CT molecular complexity index is 1110. The summed E-state index contributed by atoms with van der Waals surface area (Å²) in [4.78, 5) is 7.98. The van der Waals surface area contributed by atoms with Crippen LogP contribution in [0.1, 0.15) is 0 Å². The topological polar surface area (TPSA) is 96.3 Å². The van der Waals surface area contributed by atoms with Gasteiger partial charge in [0.2, 0.25) is 0 Å². The van der Waals surface area contributed by atoms with Gasteiger partial charge in [0.25, 0.3) is 0 Å². The average Bonchev–Trinajstić information content (AvgIpc) is 3.35. The Morgan fingerprint density at radius 3 is 1.38 bits per heavy atom. The molecule has 0 saturated carbocycles. The van der Waals surface area contributed by atoms with E-state index in [4.69, 9.17) is 44.1 Å². The smallest absolute Gasteiger partial charge is 0.180 e. The van der Waals surface area contributed by atoms with Gasteiger partial charge >= 0.3 is 0 Å². The fraction of sp³-hybridized carbons (Fsp3) is 0.100. The molecule has 32 heavy (non-hydrogen) atoms. The van der Waals surface area contributed by atoms with E-state index in [-0.39, 0.29) is 21.2 Å². The van der Waals surface area contributed by atoms with Crippen molar-refractivity contribution in [3.8, 4) is 34.0 Å². The zero-order chi connectivity index (χ0) is 23.4. The number of hydrogen-bond acceptors (Lipinski definition) is 8. The molecule has 0 saturated heterocycles. The van der Waals surface area contributed by atoms with Crippen LogP contribution in [0.2, 0.25) is 10.0 Å². The maximum absolute atomic E-state index is 13.8. The van der Waals surface area contributed by atoms with Crippen LogP contribution >= 0.6 is 45.9 Å². The highest BCUT2D eigenvalue weighted by Crippen LogP contribution is 2.36. The standard InChI is InChI=1S/2C10H8ClFN2OS/c2*1-15-5-2-6(11)9(7(12)3-5)8-4-16-10(13)14-8/h2*2-4H,1H3,(H2,13,14). The largest absolute Gasteiger partial charge is 0.497 e. The third kappa shape index (κ3) is 5.39. The fourth-order valence-corrected chi connectivity index (χ4v) is 4.33. The highest BCUT2D eigenvalue weighted by Gasteiger charge is 2.16. The first-order valence-electron chi connectivity index (χ1n) is 8.72. The lowest BCUT2D eigenvalue weighted by atomic mass is 10.1. The van der Waals surface area contributed by atoms with Crippen molar-refractivity contribution in [2.45, 2.75) is 0 Å². The van der Waals surface area contributed by atoms with Crippen molar-refractivity contribution >= 4 is 56.1 Å². The summed E-state index contributed by atoms with van der Waals surface area (Å²) in [6, 6.07) is 5.60. The molecule has 2 heterocycles. The van der Waals surface area contributed by atoms with Crippen LogP contribution in [0.4, 0.5) is 19.0 Å². The molecule has 0 bridgehead atoms. The number of anilines is 2. The maximum Gasteiger partial charge on any atom is 0.180 e. The molecule has 168 valence electrons. The maximum atomic E-state index is 13.8. The summed E-state index contributed by atoms with van der Waals surface area (Å²) >= 11 is 14.4. The van der Waals surface area contributed by atoms with Crippen LogP contribution < -0.4 is 20.9 Å². The van der Waals surface area contributed by atoms with Crippen LogP contribution in [0.5, 0.6) is 11.5 Å². The van der Waals surface area contributed by atoms with Crippen molar-refractivity contribution in [1.82, 2.24) is 9.97 Å². The average molecular weight is 517 g/mol. The van der Waals surface area contributed by atoms with Gasteiger partial charge in [0.05, 0.1) is 46.8 Å². The predicted octanol–water partition coefficient (Wildman–Crippen LogP) is 6.39. The molecule has 4 aromatic rings. The van der Waals surface area contributed by atoms with Crippen molar-refractivity contribution in [2.24, 2.45) is 0 Å². The molecule has 12 heteroatoms. The molecule has 0 unspecified atom stereocenters. The Labute approximate surface area is 200 Å². The van der Waals surface area contributed by atoms with E-state index in [1.54, 1.807) is 10.8 Å². The first-order chi connectivity index (χ1) is 15.2. The summed E-state index contributed by atoms with van der Waals surface area (Å²) in [5, 5.41) is 4.57. The number of thiazole rings is 2. The number of methoxy groups -OCH3 is 2. The summed E-state index contributed by atoms with van der Waals surface area (Å²) < 4.78 is 37.3. The number of nitrogen functional groups attached to an aromatic ring is 2. The highest BCUT2D eigenvalue weighted by atomic mass is 35.5. The molecular formula is C20H16Cl2F2N4O2S2. The molecule has 0 atom stereocenters. The Balaban J connectivity index is 0.000000181. The lowest BCUT2D eigenvalue weighted by molar-refractivity contribution is 0.411. The number of rotatable bonds is 4. The summed E-state index contributed by atoms with van der Waals surface area (Å²) in [7, 11) is 2.90. The van der Waals surface area contributed by atoms with Gasteiger partial charge < -0.3 is 20.9 Å². The lowest BCUT2D eigenvalue weighted by Crippen LogP contribution is -1.91. The van der Waals surface area contributed by atoms with E-state index < -0.39 is 11.6 Å². The number of nitrogens with zero attached hydrogens (tertiary/aromatic N) is 2. The second-order valence-corrected chi connectivity index (χ2v) is 8.67. The monoisotopic (exact) mass is 516 g/mol. The van der Waals surface area contributed by atoms with Crippen molar-refractivity contribution < 1.29 is 18.3 Å². The van der Waals surface area contributed by atoms with E-state index in [9.17, 15) is 8.78 Å². The van der Waals surface area contributed by atoms with Gasteiger partial charge in [-0.2, -0.15) is 0 Å². The minimum absolute atomic E-state index is 0.246. The van der Waals surface area contributed by atoms with Gasteiger partial charge in [-0.15, -0.1) is 22.7 Å². The Morgan fingerprint density at radius 2 is 1.12 bits per heavy atom. The van der Waals surface area contributed by atoms with E-state index in [2.05, 4.69) is 9.97 Å². The quantitative estimate of drug-likeness (QED) is 0.326. The number of benzene rings is 2. The second-order valence-electron chi connectivity index (χ2n) is 6.07. The lowest BCUT2D eigenvalue weighted by Gasteiger charge is -2.06. The zero-order valence-corrected chi connectivity index (χ0v) is 19.8. The van der Waals surface area contributed by atoms with Crippen LogP contribution in [0.15, 0.2) is 35.0 Å². The van der Waals surface area contributed by atoms with Crippen molar-refractivity contribution in [3.05, 3.63) is 56.7 Å². The predicted molar refractivity (Wildman–Crippen MR) is 127 cm³/mol. The molecule has 4 N–H and O–H groups in total. The molecule has 0 amide bonds. The number of hydrogen-bond donors (Lipinski definition) is 2. The van der Waals surface area contributed by atoms with E-state index >= 15 is 0 Å². The van der Waals surface area contributed by atoms with Gasteiger partial charge in [0.15, 0.2) is 10.3 Å². The molecule has 0 aliphatic rings. The summed E-state index contributed by atoms with van der Waals surface area (Å²) in [6.07, 6.45) is 0. The van der Waals surface area contributed by atoms with Crippen molar-refractivity contribution in [3.63, 3.8) is 0 Å². The minimum Gasteiger partial charge on any atom is -0.497 e. The van der Waals surface area contributed by atoms with Crippen LogP contribution in [-0.2, 0) is 0 Å². The second kappa shape index (κ2) is 10.3. The third-order valence-corrected chi connectivity index (χ3v) is 6.00. The summed E-state index contributed by atoms with van der Waals surface area (Å²) in [5.41, 5.74) is 12.3. The molecule has 6 nitrogen and oxygen atoms in total. The van der Waals surface area contributed by atoms with E-state index in [1.165, 1.54) is 61.2 Å². The number of aromatic nitrogens is 2. The third-order valence-electron chi connectivity index (χ3n) is 4.06. The summed E-state index contributed by atoms with van der Waals surface area (Å²) in [5.74, 6) is -0.215. The summed E-state index contributed by atoms with van der Waals surface area (Å²) in [6.45, 7) is 0. The molecule has 2 aromatic heterocycles. The van der Waals surface area contributed by atoms with Gasteiger partial charge in [-0.05, 0) is 12.1 Å². The van der Waals surface area contributed by atoms with Gasteiger partial charge in [-0.1, -0.05) is 23.2 Å². The molecule has 0 aliphatic heterocycles. The molecule has 0 spiro atoms.